The van der Waals surface area contributed by atoms with Gasteiger partial charge in [-0.25, -0.2) is 8.85 Å². The Kier molecular flexibility index (Phi) is 1.24. The predicted octanol–water partition coefficient (Wildman–Crippen LogP) is 0.151. The van der Waals surface area contributed by atoms with E-state index >= 15 is 0 Å². The molecule has 1 aliphatic rings. The lowest BCUT2D eigenvalue weighted by Crippen LogP contribution is -2.05. The molecule has 1 heterocycles. The van der Waals surface area contributed by atoms with E-state index < -0.39 is 9.28 Å². The standard InChI is InChI=1S/C3H7O2Si/c1-6-4-2-3-5-6/h2-3H2,1H3/q+1. The lowest BCUT2D eigenvalue weighted by Gasteiger charge is -1.69. The van der Waals surface area contributed by atoms with Gasteiger partial charge < -0.3 is 0 Å². The van der Waals surface area contributed by atoms with E-state index in [-0.39, 0.29) is 0 Å². The minimum atomic E-state index is -0.757. The van der Waals surface area contributed by atoms with Gasteiger partial charge in [0.2, 0.25) is 0 Å². The third-order valence-electron chi connectivity index (χ3n) is 0.694. The van der Waals surface area contributed by atoms with Crippen molar-refractivity contribution in [1.29, 1.82) is 0 Å². The Bertz CT molecular complexity index is 42.1. The zero-order valence-corrected chi connectivity index (χ0v) is 4.73. The van der Waals surface area contributed by atoms with E-state index in [1.54, 1.807) is 0 Å². The topological polar surface area (TPSA) is 18.5 Å². The van der Waals surface area contributed by atoms with Crippen LogP contribution in [0.2, 0.25) is 6.55 Å². The van der Waals surface area contributed by atoms with E-state index in [9.17, 15) is 0 Å². The molecule has 0 bridgehead atoms. The van der Waals surface area contributed by atoms with Crippen molar-refractivity contribution in [3.05, 3.63) is 0 Å². The monoisotopic (exact) mass is 103 g/mol. The van der Waals surface area contributed by atoms with E-state index in [0.29, 0.717) is 0 Å². The highest BCUT2D eigenvalue weighted by Crippen LogP contribution is 1.95. The first-order valence-electron chi connectivity index (χ1n) is 1.99. The zero-order chi connectivity index (χ0) is 4.41. The highest BCUT2D eigenvalue weighted by Gasteiger charge is 2.30. The zero-order valence-electron chi connectivity index (χ0n) is 3.73. The molecule has 0 radical (unpaired) electrons. The van der Waals surface area contributed by atoms with Gasteiger partial charge in [-0.3, -0.25) is 0 Å². The Labute approximate surface area is 38.9 Å². The molecule has 0 N–H and O–H groups in total. The van der Waals surface area contributed by atoms with Crippen molar-refractivity contribution >= 4 is 9.28 Å². The van der Waals surface area contributed by atoms with Gasteiger partial charge in [0.25, 0.3) is 0 Å². The van der Waals surface area contributed by atoms with Crippen LogP contribution in [-0.4, -0.2) is 22.5 Å². The first-order valence-corrected chi connectivity index (χ1v) is 3.80. The van der Waals surface area contributed by atoms with Crippen LogP contribution in [0.3, 0.4) is 0 Å². The number of rotatable bonds is 0. The molecule has 1 rings (SSSR count). The van der Waals surface area contributed by atoms with Crippen LogP contribution in [0.25, 0.3) is 0 Å². The predicted molar refractivity (Wildman–Crippen MR) is 23.5 cm³/mol. The van der Waals surface area contributed by atoms with Crippen molar-refractivity contribution in [3.8, 4) is 0 Å². The Morgan fingerprint density at radius 1 is 1.33 bits per heavy atom. The normalized spacial score (nSPS) is 22.5. The van der Waals surface area contributed by atoms with Gasteiger partial charge in [-0.1, -0.05) is 0 Å². The van der Waals surface area contributed by atoms with Crippen molar-refractivity contribution in [2.45, 2.75) is 6.55 Å². The van der Waals surface area contributed by atoms with Gasteiger partial charge in [0.15, 0.2) is 0 Å². The summed E-state index contributed by atoms with van der Waals surface area (Å²) in [6.45, 7) is 3.62. The Hall–Kier alpha value is 0.137. The van der Waals surface area contributed by atoms with Gasteiger partial charge in [0.1, 0.15) is 19.8 Å². The maximum atomic E-state index is 5.03. The summed E-state index contributed by atoms with van der Waals surface area (Å²) in [7, 11) is -0.757. The average Bonchev–Trinajstić information content (AvgIpc) is 1.86. The van der Waals surface area contributed by atoms with Gasteiger partial charge in [-0.15, -0.1) is 0 Å². The van der Waals surface area contributed by atoms with E-state index in [0.717, 1.165) is 13.2 Å². The van der Waals surface area contributed by atoms with E-state index in [1.165, 1.54) is 0 Å². The summed E-state index contributed by atoms with van der Waals surface area (Å²) in [4.78, 5) is 0. The molecule has 6 heavy (non-hydrogen) atoms. The molecule has 0 aromatic heterocycles. The summed E-state index contributed by atoms with van der Waals surface area (Å²) in [6.07, 6.45) is 0. The molecule has 0 aliphatic carbocycles. The maximum Gasteiger partial charge on any atom is 0.640 e. The van der Waals surface area contributed by atoms with Gasteiger partial charge >= 0.3 is 9.28 Å². The lowest BCUT2D eigenvalue weighted by atomic mass is 10.8. The highest BCUT2D eigenvalue weighted by atomic mass is 28.3. The summed E-state index contributed by atoms with van der Waals surface area (Å²) >= 11 is 0. The van der Waals surface area contributed by atoms with Gasteiger partial charge in [-0.05, 0) is 0 Å². The fraction of sp³-hybridized carbons (Fsp3) is 1.00. The molecule has 1 fully saturated rings. The number of hydrogen-bond acceptors (Lipinski definition) is 2. The Morgan fingerprint density at radius 3 is 2.00 bits per heavy atom. The first kappa shape index (κ1) is 4.30. The molecule has 2 nitrogen and oxygen atoms in total. The van der Waals surface area contributed by atoms with Crippen molar-refractivity contribution in [2.24, 2.45) is 0 Å². The van der Waals surface area contributed by atoms with E-state index in [1.807, 2.05) is 6.55 Å². The molecule has 1 aliphatic heterocycles. The minimum absolute atomic E-state index is 0.757. The fourth-order valence-corrected chi connectivity index (χ4v) is 1.24. The van der Waals surface area contributed by atoms with Crippen LogP contribution in [0.1, 0.15) is 0 Å². The molecular formula is C3H7O2Si+. The largest absolute Gasteiger partial charge is 0.640 e. The van der Waals surface area contributed by atoms with Gasteiger partial charge in [0.05, 0.1) is 0 Å². The van der Waals surface area contributed by atoms with Crippen LogP contribution in [0, 0.1) is 0 Å². The summed E-state index contributed by atoms with van der Waals surface area (Å²) in [6, 6.07) is 0. The second-order valence-electron chi connectivity index (χ2n) is 1.19. The summed E-state index contributed by atoms with van der Waals surface area (Å²) in [5.41, 5.74) is 0. The third kappa shape index (κ3) is 0.799. The third-order valence-corrected chi connectivity index (χ3v) is 1.92. The Morgan fingerprint density at radius 2 is 1.83 bits per heavy atom. The SMILES string of the molecule is C[Si+]1OCCO1. The van der Waals surface area contributed by atoms with Crippen molar-refractivity contribution in [2.75, 3.05) is 13.2 Å². The highest BCUT2D eigenvalue weighted by molar-refractivity contribution is 6.43. The minimum Gasteiger partial charge on any atom is -0.206 e. The molecular weight excluding hydrogens is 96.1 g/mol. The second kappa shape index (κ2) is 1.73. The van der Waals surface area contributed by atoms with Crippen molar-refractivity contribution < 1.29 is 8.85 Å². The molecule has 0 spiro atoms. The first-order chi connectivity index (χ1) is 2.89. The van der Waals surface area contributed by atoms with E-state index in [4.69, 9.17) is 8.85 Å². The quantitative estimate of drug-likeness (QED) is 0.406. The number of hydrogen-bond donors (Lipinski definition) is 0. The molecule has 3 heteroatoms. The van der Waals surface area contributed by atoms with Crippen LogP contribution < -0.4 is 0 Å². The molecule has 0 saturated carbocycles. The molecule has 0 aromatic carbocycles. The average molecular weight is 103 g/mol. The van der Waals surface area contributed by atoms with E-state index in [2.05, 4.69) is 0 Å². The smallest absolute Gasteiger partial charge is 0.206 e. The molecule has 34 valence electrons. The van der Waals surface area contributed by atoms with Crippen LogP contribution in [0.15, 0.2) is 0 Å². The van der Waals surface area contributed by atoms with Crippen LogP contribution in [0.4, 0.5) is 0 Å². The van der Waals surface area contributed by atoms with Gasteiger partial charge in [0, 0.05) is 0 Å². The molecule has 1 saturated heterocycles. The maximum absolute atomic E-state index is 5.03. The molecule has 0 aromatic rings. The van der Waals surface area contributed by atoms with Crippen LogP contribution >= 0.6 is 0 Å². The molecule has 0 atom stereocenters. The van der Waals surface area contributed by atoms with Crippen molar-refractivity contribution in [1.82, 2.24) is 0 Å². The molecule has 0 unspecified atom stereocenters. The summed E-state index contributed by atoms with van der Waals surface area (Å²) < 4.78 is 10.1. The Balaban J connectivity index is 2.18. The summed E-state index contributed by atoms with van der Waals surface area (Å²) in [5, 5.41) is 0. The second-order valence-corrected chi connectivity index (χ2v) is 2.75. The summed E-state index contributed by atoms with van der Waals surface area (Å²) in [5.74, 6) is 0. The lowest BCUT2D eigenvalue weighted by molar-refractivity contribution is 0.365. The van der Waals surface area contributed by atoms with Crippen LogP contribution in [0.5, 0.6) is 0 Å². The fourth-order valence-electron chi connectivity index (χ4n) is 0.412. The molecule has 0 amide bonds. The van der Waals surface area contributed by atoms with Crippen LogP contribution in [-0.2, 0) is 8.85 Å². The van der Waals surface area contributed by atoms with Crippen molar-refractivity contribution in [3.63, 3.8) is 0 Å². The van der Waals surface area contributed by atoms with Gasteiger partial charge in [-0.2, -0.15) is 0 Å².